The van der Waals surface area contributed by atoms with Crippen LogP contribution in [0.5, 0.6) is 0 Å². The highest BCUT2D eigenvalue weighted by Gasteiger charge is 2.18. The second kappa shape index (κ2) is 5.26. The smallest absolute Gasteiger partial charge is 0.231 e. The van der Waals surface area contributed by atoms with E-state index >= 15 is 0 Å². The molecule has 0 spiro atoms. The Balaban J connectivity index is 2.24. The molecule has 1 heterocycles. The molecule has 0 amide bonds. The van der Waals surface area contributed by atoms with Gasteiger partial charge in [0.1, 0.15) is 0 Å². The predicted octanol–water partition coefficient (Wildman–Crippen LogP) is 0.743. The first-order valence-corrected chi connectivity index (χ1v) is 7.69. The average molecular weight is 270 g/mol. The van der Waals surface area contributed by atoms with Crippen molar-refractivity contribution >= 4 is 15.7 Å². The molecule has 1 N–H and O–H groups in total. The number of hydrogen-bond donors (Lipinski definition) is 1. The number of nitrogens with zero attached hydrogens (tertiary/aromatic N) is 1. The lowest BCUT2D eigenvalue weighted by Gasteiger charge is -2.25. The molecule has 0 aromatic heterocycles. The Morgan fingerprint density at radius 1 is 1.44 bits per heavy atom. The van der Waals surface area contributed by atoms with E-state index < -0.39 is 10.0 Å². The number of benzene rings is 1. The molecule has 100 valence electrons. The summed E-state index contributed by atoms with van der Waals surface area (Å²) < 4.78 is 29.9. The predicted molar refractivity (Wildman–Crippen MR) is 71.3 cm³/mol. The van der Waals surface area contributed by atoms with Crippen molar-refractivity contribution in [2.75, 3.05) is 37.3 Å². The zero-order valence-corrected chi connectivity index (χ0v) is 11.4. The normalized spacial score (nSPS) is 20.7. The Labute approximate surface area is 108 Å². The molecule has 0 bridgehead atoms. The van der Waals surface area contributed by atoms with Gasteiger partial charge in [-0.15, -0.1) is 0 Å². The number of morpholine rings is 1. The van der Waals surface area contributed by atoms with Crippen molar-refractivity contribution in [1.29, 1.82) is 0 Å². The van der Waals surface area contributed by atoms with Gasteiger partial charge < -0.3 is 10.1 Å². The summed E-state index contributed by atoms with van der Waals surface area (Å²) in [5.74, 6) is 0. The molecule has 6 heteroatoms. The first kappa shape index (κ1) is 13.3. The molecule has 0 radical (unpaired) electrons. The Kier molecular flexibility index (Phi) is 3.89. The van der Waals surface area contributed by atoms with Crippen molar-refractivity contribution in [3.63, 3.8) is 0 Å². The topological polar surface area (TPSA) is 58.6 Å². The quantitative estimate of drug-likeness (QED) is 0.880. The molecule has 1 aliphatic heterocycles. The Morgan fingerprint density at radius 3 is 2.83 bits per heavy atom. The van der Waals surface area contributed by atoms with Gasteiger partial charge in [0.05, 0.1) is 24.7 Å². The molecule has 1 aromatic carbocycles. The molecule has 1 saturated heterocycles. The van der Waals surface area contributed by atoms with E-state index in [0.717, 1.165) is 18.7 Å². The van der Waals surface area contributed by atoms with Crippen LogP contribution in [0.4, 0.5) is 5.69 Å². The molecule has 0 aliphatic carbocycles. The third kappa shape index (κ3) is 3.01. The Bertz CT molecular complexity index is 510. The van der Waals surface area contributed by atoms with Gasteiger partial charge in [-0.3, -0.25) is 4.31 Å². The molecule has 1 unspecified atom stereocenters. The molecular formula is C12H18N2O3S. The van der Waals surface area contributed by atoms with Crippen LogP contribution < -0.4 is 9.62 Å². The standard InChI is InChI=1S/C12H18N2O3S/c1-14(18(2,15)16)11-5-3-4-10(8-11)12-9-13-6-7-17-12/h3-5,8,12-13H,6-7,9H2,1-2H3. The van der Waals surface area contributed by atoms with E-state index in [2.05, 4.69) is 5.32 Å². The summed E-state index contributed by atoms with van der Waals surface area (Å²) in [5, 5.41) is 3.26. The monoisotopic (exact) mass is 270 g/mol. The first-order chi connectivity index (χ1) is 8.48. The van der Waals surface area contributed by atoms with E-state index in [1.807, 2.05) is 18.2 Å². The van der Waals surface area contributed by atoms with E-state index in [4.69, 9.17) is 4.74 Å². The van der Waals surface area contributed by atoms with Crippen molar-refractivity contribution in [3.05, 3.63) is 29.8 Å². The number of nitrogens with one attached hydrogen (secondary N) is 1. The van der Waals surface area contributed by atoms with Crippen molar-refractivity contribution < 1.29 is 13.2 Å². The molecule has 2 rings (SSSR count). The van der Waals surface area contributed by atoms with Gasteiger partial charge in [-0.1, -0.05) is 12.1 Å². The van der Waals surface area contributed by atoms with Crippen LogP contribution in [0.3, 0.4) is 0 Å². The fourth-order valence-corrected chi connectivity index (χ4v) is 2.39. The van der Waals surface area contributed by atoms with Crippen molar-refractivity contribution in [2.45, 2.75) is 6.10 Å². The van der Waals surface area contributed by atoms with Gasteiger partial charge in [0.2, 0.25) is 10.0 Å². The van der Waals surface area contributed by atoms with Crippen molar-refractivity contribution in [2.24, 2.45) is 0 Å². The largest absolute Gasteiger partial charge is 0.371 e. The maximum absolute atomic E-state index is 11.5. The lowest BCUT2D eigenvalue weighted by atomic mass is 10.1. The first-order valence-electron chi connectivity index (χ1n) is 5.84. The van der Waals surface area contributed by atoms with Crippen LogP contribution in [-0.2, 0) is 14.8 Å². The molecule has 1 fully saturated rings. The third-order valence-electron chi connectivity index (χ3n) is 3.03. The van der Waals surface area contributed by atoms with Crippen molar-refractivity contribution in [3.8, 4) is 0 Å². The van der Waals surface area contributed by atoms with Crippen LogP contribution in [0.15, 0.2) is 24.3 Å². The summed E-state index contributed by atoms with van der Waals surface area (Å²) in [6.07, 6.45) is 1.19. The summed E-state index contributed by atoms with van der Waals surface area (Å²) in [4.78, 5) is 0. The summed E-state index contributed by atoms with van der Waals surface area (Å²) in [6.45, 7) is 2.29. The van der Waals surface area contributed by atoms with Crippen LogP contribution in [0, 0.1) is 0 Å². The number of ether oxygens (including phenoxy) is 1. The Hall–Kier alpha value is -1.11. The van der Waals surface area contributed by atoms with Gasteiger partial charge in [-0.2, -0.15) is 0 Å². The SMILES string of the molecule is CN(c1cccc(C2CNCCO2)c1)S(C)(=O)=O. The van der Waals surface area contributed by atoms with Crippen LogP contribution >= 0.6 is 0 Å². The van der Waals surface area contributed by atoms with Gasteiger partial charge in [-0.05, 0) is 17.7 Å². The minimum atomic E-state index is -3.23. The van der Waals surface area contributed by atoms with Gasteiger partial charge in [0, 0.05) is 20.1 Å². The zero-order valence-electron chi connectivity index (χ0n) is 10.6. The number of sulfonamides is 1. The molecular weight excluding hydrogens is 252 g/mol. The van der Waals surface area contributed by atoms with Crippen LogP contribution in [0.1, 0.15) is 11.7 Å². The molecule has 1 aliphatic rings. The minimum absolute atomic E-state index is 0.00772. The van der Waals surface area contributed by atoms with E-state index in [1.165, 1.54) is 10.6 Å². The lowest BCUT2D eigenvalue weighted by Crippen LogP contribution is -2.33. The average Bonchev–Trinajstić information content (AvgIpc) is 2.38. The lowest BCUT2D eigenvalue weighted by molar-refractivity contribution is 0.0277. The summed E-state index contributed by atoms with van der Waals surface area (Å²) in [6, 6.07) is 7.45. The van der Waals surface area contributed by atoms with Crippen molar-refractivity contribution in [1.82, 2.24) is 5.32 Å². The summed E-state index contributed by atoms with van der Waals surface area (Å²) in [5.41, 5.74) is 1.65. The molecule has 1 atom stereocenters. The summed E-state index contributed by atoms with van der Waals surface area (Å²) in [7, 11) is -1.68. The molecule has 0 saturated carbocycles. The van der Waals surface area contributed by atoms with E-state index in [0.29, 0.717) is 12.3 Å². The summed E-state index contributed by atoms with van der Waals surface area (Å²) >= 11 is 0. The van der Waals surface area contributed by atoms with Crippen LogP contribution in [0.25, 0.3) is 0 Å². The second-order valence-electron chi connectivity index (χ2n) is 4.39. The maximum atomic E-state index is 11.5. The molecule has 5 nitrogen and oxygen atoms in total. The highest BCUT2D eigenvalue weighted by atomic mass is 32.2. The van der Waals surface area contributed by atoms with E-state index in [-0.39, 0.29) is 6.10 Å². The van der Waals surface area contributed by atoms with Gasteiger partial charge in [0.15, 0.2) is 0 Å². The fraction of sp³-hybridized carbons (Fsp3) is 0.500. The molecule has 1 aromatic rings. The second-order valence-corrected chi connectivity index (χ2v) is 6.40. The third-order valence-corrected chi connectivity index (χ3v) is 4.24. The number of rotatable bonds is 3. The zero-order chi connectivity index (χ0) is 13.2. The highest BCUT2D eigenvalue weighted by Crippen LogP contribution is 2.24. The van der Waals surface area contributed by atoms with Gasteiger partial charge in [0.25, 0.3) is 0 Å². The van der Waals surface area contributed by atoms with Gasteiger partial charge in [-0.25, -0.2) is 8.42 Å². The fourth-order valence-electron chi connectivity index (χ4n) is 1.89. The minimum Gasteiger partial charge on any atom is -0.371 e. The highest BCUT2D eigenvalue weighted by molar-refractivity contribution is 7.92. The number of anilines is 1. The van der Waals surface area contributed by atoms with Gasteiger partial charge >= 0.3 is 0 Å². The molecule has 18 heavy (non-hydrogen) atoms. The van der Waals surface area contributed by atoms with Crippen LogP contribution in [0.2, 0.25) is 0 Å². The van der Waals surface area contributed by atoms with E-state index in [1.54, 1.807) is 13.1 Å². The number of hydrogen-bond acceptors (Lipinski definition) is 4. The maximum Gasteiger partial charge on any atom is 0.231 e. The Morgan fingerprint density at radius 2 is 2.22 bits per heavy atom. The van der Waals surface area contributed by atoms with E-state index in [9.17, 15) is 8.42 Å². The van der Waals surface area contributed by atoms with Crippen LogP contribution in [-0.4, -0.2) is 41.4 Å².